The van der Waals surface area contributed by atoms with Crippen LogP contribution in [-0.2, 0) is 11.2 Å². The Morgan fingerprint density at radius 2 is 2.00 bits per heavy atom. The van der Waals surface area contributed by atoms with Gasteiger partial charge in [-0.2, -0.15) is 0 Å². The predicted molar refractivity (Wildman–Crippen MR) is 68.2 cm³/mol. The van der Waals surface area contributed by atoms with Crippen LogP contribution in [0.2, 0.25) is 0 Å². The number of halogens is 2. The summed E-state index contributed by atoms with van der Waals surface area (Å²) in [5.41, 5.74) is 2.08. The highest BCUT2D eigenvalue weighted by Gasteiger charge is 2.03. The Kier molecular flexibility index (Phi) is 4.71. The number of fused-ring (bicyclic) bond motifs is 1. The molecular weight excluding hydrogens is 245 g/mol. The van der Waals surface area contributed by atoms with Gasteiger partial charge in [0.2, 0.25) is 5.24 Å². The number of nitrogens with zero attached hydrogens (tertiary/aromatic N) is 1. The SMILES string of the molecule is Cl.O=C(Cl)CCc1ccnc2ccccc12. The molecule has 16 heavy (non-hydrogen) atoms. The number of carbonyl (C=O) groups is 1. The van der Waals surface area contributed by atoms with Gasteiger partial charge >= 0.3 is 0 Å². The summed E-state index contributed by atoms with van der Waals surface area (Å²) in [5, 5.41) is 0.800. The number of pyridine rings is 1. The third-order valence-corrected chi connectivity index (χ3v) is 2.52. The third-order valence-electron chi connectivity index (χ3n) is 2.33. The Morgan fingerprint density at radius 1 is 1.25 bits per heavy atom. The summed E-state index contributed by atoms with van der Waals surface area (Å²) in [6, 6.07) is 9.82. The minimum absolute atomic E-state index is 0. The van der Waals surface area contributed by atoms with E-state index in [2.05, 4.69) is 4.98 Å². The van der Waals surface area contributed by atoms with E-state index >= 15 is 0 Å². The van der Waals surface area contributed by atoms with Gasteiger partial charge in [0.05, 0.1) is 5.52 Å². The quantitative estimate of drug-likeness (QED) is 0.788. The maximum atomic E-state index is 10.7. The van der Waals surface area contributed by atoms with Gasteiger partial charge < -0.3 is 0 Å². The molecule has 0 fully saturated rings. The van der Waals surface area contributed by atoms with Crippen LogP contribution in [0, 0.1) is 0 Å². The number of benzene rings is 1. The van der Waals surface area contributed by atoms with Crippen molar-refractivity contribution in [3.63, 3.8) is 0 Å². The lowest BCUT2D eigenvalue weighted by Gasteiger charge is -2.03. The summed E-state index contributed by atoms with van der Waals surface area (Å²) < 4.78 is 0. The number of aromatic nitrogens is 1. The second-order valence-corrected chi connectivity index (χ2v) is 3.76. The minimum Gasteiger partial charge on any atom is -0.281 e. The molecule has 0 unspecified atom stereocenters. The van der Waals surface area contributed by atoms with Crippen molar-refractivity contribution in [3.05, 3.63) is 42.1 Å². The molecule has 0 radical (unpaired) electrons. The smallest absolute Gasteiger partial charge is 0.221 e. The average Bonchev–Trinajstić information content (AvgIpc) is 2.26. The fourth-order valence-corrected chi connectivity index (χ4v) is 1.70. The lowest BCUT2D eigenvalue weighted by Crippen LogP contribution is -1.93. The summed E-state index contributed by atoms with van der Waals surface area (Å²) in [7, 11) is 0. The number of carbonyl (C=O) groups excluding carboxylic acids is 1. The molecule has 2 aromatic rings. The Bertz CT molecular complexity index is 494. The molecule has 2 rings (SSSR count). The summed E-state index contributed by atoms with van der Waals surface area (Å²) in [6.07, 6.45) is 2.80. The lowest BCUT2D eigenvalue weighted by molar-refractivity contribution is -0.111. The summed E-state index contributed by atoms with van der Waals surface area (Å²) in [4.78, 5) is 15.0. The largest absolute Gasteiger partial charge is 0.281 e. The van der Waals surface area contributed by atoms with E-state index in [4.69, 9.17) is 11.6 Å². The van der Waals surface area contributed by atoms with Crippen LogP contribution in [0.5, 0.6) is 0 Å². The maximum Gasteiger partial charge on any atom is 0.221 e. The second kappa shape index (κ2) is 5.83. The van der Waals surface area contributed by atoms with Crippen molar-refractivity contribution in [2.24, 2.45) is 0 Å². The van der Waals surface area contributed by atoms with E-state index in [0.29, 0.717) is 12.8 Å². The molecule has 0 aliphatic rings. The Hall–Kier alpha value is -1.12. The molecule has 4 heteroatoms. The normalized spacial score (nSPS) is 9.81. The van der Waals surface area contributed by atoms with Gasteiger partial charge in [0.1, 0.15) is 0 Å². The molecule has 0 atom stereocenters. The summed E-state index contributed by atoms with van der Waals surface area (Å²) >= 11 is 5.32. The zero-order valence-corrected chi connectivity index (χ0v) is 10.1. The van der Waals surface area contributed by atoms with Crippen molar-refractivity contribution >= 4 is 40.2 Å². The molecule has 1 aromatic carbocycles. The molecule has 0 bridgehead atoms. The zero-order chi connectivity index (χ0) is 10.7. The first kappa shape index (κ1) is 12.9. The number of hydrogen-bond acceptors (Lipinski definition) is 2. The van der Waals surface area contributed by atoms with Crippen LogP contribution in [0.15, 0.2) is 36.5 Å². The molecule has 0 saturated carbocycles. The van der Waals surface area contributed by atoms with E-state index in [9.17, 15) is 4.79 Å². The predicted octanol–water partition coefficient (Wildman–Crippen LogP) is 3.35. The van der Waals surface area contributed by atoms with Gasteiger partial charge in [-0.1, -0.05) is 18.2 Å². The van der Waals surface area contributed by atoms with Crippen LogP contribution < -0.4 is 0 Å². The fraction of sp³-hybridized carbons (Fsp3) is 0.167. The van der Waals surface area contributed by atoms with Gasteiger partial charge in [0.25, 0.3) is 0 Å². The van der Waals surface area contributed by atoms with Crippen LogP contribution in [-0.4, -0.2) is 10.2 Å². The molecular formula is C12H11Cl2NO. The molecule has 0 saturated heterocycles. The topological polar surface area (TPSA) is 30.0 Å². The average molecular weight is 256 g/mol. The van der Waals surface area contributed by atoms with Crippen LogP contribution >= 0.6 is 24.0 Å². The van der Waals surface area contributed by atoms with Crippen LogP contribution in [0.25, 0.3) is 10.9 Å². The van der Waals surface area contributed by atoms with Crippen molar-refractivity contribution in [2.45, 2.75) is 12.8 Å². The monoisotopic (exact) mass is 255 g/mol. The first-order chi connectivity index (χ1) is 7.27. The summed E-state index contributed by atoms with van der Waals surface area (Å²) in [5.74, 6) is 0. The van der Waals surface area contributed by atoms with E-state index in [-0.39, 0.29) is 17.6 Å². The molecule has 1 aromatic heterocycles. The fourth-order valence-electron chi connectivity index (χ4n) is 1.61. The highest BCUT2D eigenvalue weighted by atomic mass is 35.5. The molecule has 0 amide bonds. The van der Waals surface area contributed by atoms with Crippen LogP contribution in [0.1, 0.15) is 12.0 Å². The molecule has 2 nitrogen and oxygen atoms in total. The van der Waals surface area contributed by atoms with Crippen molar-refractivity contribution in [3.8, 4) is 0 Å². The van der Waals surface area contributed by atoms with Gasteiger partial charge in [-0.15, -0.1) is 12.4 Å². The first-order valence-corrected chi connectivity index (χ1v) is 5.16. The van der Waals surface area contributed by atoms with Crippen molar-refractivity contribution in [1.29, 1.82) is 0 Å². The van der Waals surface area contributed by atoms with Crippen LogP contribution in [0.4, 0.5) is 0 Å². The Morgan fingerprint density at radius 3 is 2.75 bits per heavy atom. The number of para-hydroxylation sites is 1. The highest BCUT2D eigenvalue weighted by molar-refractivity contribution is 6.63. The standard InChI is InChI=1S/C12H10ClNO.ClH/c13-12(15)6-5-9-7-8-14-11-4-2-1-3-10(9)11;/h1-4,7-8H,5-6H2;1H. The maximum absolute atomic E-state index is 10.7. The highest BCUT2D eigenvalue weighted by Crippen LogP contribution is 2.17. The zero-order valence-electron chi connectivity index (χ0n) is 8.52. The van der Waals surface area contributed by atoms with E-state index < -0.39 is 0 Å². The Balaban J connectivity index is 0.00000128. The van der Waals surface area contributed by atoms with Crippen molar-refractivity contribution < 1.29 is 4.79 Å². The van der Waals surface area contributed by atoms with Gasteiger partial charge in [0, 0.05) is 18.0 Å². The van der Waals surface area contributed by atoms with E-state index in [1.807, 2.05) is 30.3 Å². The number of hydrogen-bond donors (Lipinski definition) is 0. The van der Waals surface area contributed by atoms with Gasteiger partial charge in [-0.25, -0.2) is 0 Å². The molecule has 0 spiro atoms. The molecule has 1 heterocycles. The third kappa shape index (κ3) is 2.94. The van der Waals surface area contributed by atoms with Gasteiger partial charge in [-0.05, 0) is 35.7 Å². The minimum atomic E-state index is -0.295. The Labute approximate surface area is 105 Å². The number of rotatable bonds is 3. The van der Waals surface area contributed by atoms with Crippen molar-refractivity contribution in [1.82, 2.24) is 4.98 Å². The molecule has 0 aliphatic heterocycles. The molecule has 84 valence electrons. The van der Waals surface area contributed by atoms with Crippen molar-refractivity contribution in [2.75, 3.05) is 0 Å². The summed E-state index contributed by atoms with van der Waals surface area (Å²) in [6.45, 7) is 0. The van der Waals surface area contributed by atoms with E-state index in [1.165, 1.54) is 0 Å². The van der Waals surface area contributed by atoms with Crippen LogP contribution in [0.3, 0.4) is 0 Å². The van der Waals surface area contributed by atoms with E-state index in [0.717, 1.165) is 16.5 Å². The van der Waals surface area contributed by atoms with Gasteiger partial charge in [-0.3, -0.25) is 9.78 Å². The first-order valence-electron chi connectivity index (χ1n) is 4.78. The van der Waals surface area contributed by atoms with Gasteiger partial charge in [0.15, 0.2) is 0 Å². The molecule has 0 N–H and O–H groups in total. The van der Waals surface area contributed by atoms with E-state index in [1.54, 1.807) is 6.20 Å². The molecule has 0 aliphatic carbocycles. The number of aryl methyl sites for hydroxylation is 1. The second-order valence-electron chi connectivity index (χ2n) is 3.34. The lowest BCUT2D eigenvalue weighted by atomic mass is 10.1.